The summed E-state index contributed by atoms with van der Waals surface area (Å²) in [6.07, 6.45) is 0. The Bertz CT molecular complexity index is 3730. The Morgan fingerprint density at radius 3 is 1.63 bits per heavy atom. The summed E-state index contributed by atoms with van der Waals surface area (Å²) in [6, 6.07) is 60.8. The van der Waals surface area contributed by atoms with Gasteiger partial charge >= 0.3 is 0 Å². The maximum Gasteiger partial charge on any atom is 0.121 e. The molecule has 3 heterocycles. The van der Waals surface area contributed by atoms with E-state index in [0.29, 0.717) is 34.8 Å². The number of hydrogen-bond donors (Lipinski definition) is 0. The molecule has 0 aliphatic rings. The van der Waals surface area contributed by atoms with E-state index in [-0.39, 0.29) is 25.7 Å². The second kappa shape index (κ2) is 19.9. The quantitative estimate of drug-likeness (QED) is 0.135. The fraction of sp³-hybridized carbons (Fsp3) is 0.219. The van der Waals surface area contributed by atoms with E-state index >= 15 is 0 Å². The van der Waals surface area contributed by atoms with Gasteiger partial charge in [-0.1, -0.05) is 182 Å². The van der Waals surface area contributed by atoms with Crippen molar-refractivity contribution in [3.63, 3.8) is 0 Å². The van der Waals surface area contributed by atoms with Crippen molar-refractivity contribution in [3.05, 3.63) is 203 Å². The number of imidazole rings is 2. The number of nitrogens with zero attached hydrogens (tertiary/aromatic N) is 4. The molecule has 0 saturated carbocycles. The van der Waals surface area contributed by atoms with Crippen LogP contribution in [0.5, 0.6) is 0 Å². The van der Waals surface area contributed by atoms with Crippen molar-refractivity contribution in [1.29, 1.82) is 0 Å². The average molecular weight is 1100 g/mol. The normalized spacial score (nSPS) is 12.5. The van der Waals surface area contributed by atoms with Crippen LogP contribution in [0.2, 0.25) is 0 Å². The molecule has 11 aromatic rings. The largest absolute Gasteiger partial charge is 0.501 e. The molecule has 0 N–H and O–H groups in total. The fourth-order valence-corrected chi connectivity index (χ4v) is 9.92. The third kappa shape index (κ3) is 8.73. The standard InChI is InChI=1S/C32H29N2O.C32H31N2.Ir/c1-19(2)22-10-8-11-23(20(3)4)30(22)34-28-15-7-6-14-27(28)33-32(34)26-13-9-12-25-24-17-16-21(5)18-29(24)35-31(25)26;1-21(2)26-14-11-15-27(22(3)4)31(26)34-30-17-10-9-16-29(30)33-32(34)25-19-18-23(5)28(20-25)24-12-7-6-8-13-24;/h6-12,14-20H,1-5H3;6-18,20-22H,1-5H3;/q2*-1;/i5D3;;. The summed E-state index contributed by atoms with van der Waals surface area (Å²) in [4.78, 5) is 10.3. The van der Waals surface area contributed by atoms with E-state index in [1.165, 1.54) is 44.6 Å². The van der Waals surface area contributed by atoms with E-state index in [0.717, 1.165) is 61.3 Å². The number of rotatable bonds is 9. The zero-order valence-corrected chi connectivity index (χ0v) is 43.7. The minimum Gasteiger partial charge on any atom is -0.501 e. The minimum atomic E-state index is -2.20. The summed E-state index contributed by atoms with van der Waals surface area (Å²) in [5, 5.41) is 1.78. The van der Waals surface area contributed by atoms with Gasteiger partial charge in [0.15, 0.2) is 0 Å². The van der Waals surface area contributed by atoms with Crippen LogP contribution >= 0.6 is 0 Å². The third-order valence-electron chi connectivity index (χ3n) is 13.4. The van der Waals surface area contributed by atoms with Gasteiger partial charge < -0.3 is 13.6 Å². The van der Waals surface area contributed by atoms with Crippen LogP contribution in [0.1, 0.15) is 117 Å². The minimum absolute atomic E-state index is 0. The third-order valence-corrected chi connectivity index (χ3v) is 13.4. The van der Waals surface area contributed by atoms with Crippen LogP contribution in [0.4, 0.5) is 0 Å². The number of furan rings is 1. The van der Waals surface area contributed by atoms with Gasteiger partial charge in [-0.3, -0.25) is 9.97 Å². The molecule has 0 spiro atoms. The van der Waals surface area contributed by atoms with Crippen molar-refractivity contribution < 1.29 is 28.6 Å². The summed E-state index contributed by atoms with van der Waals surface area (Å²) in [6.45, 7) is 17.9. The van der Waals surface area contributed by atoms with Crippen molar-refractivity contribution in [3.8, 4) is 45.3 Å². The van der Waals surface area contributed by atoms with Crippen LogP contribution in [-0.2, 0) is 20.1 Å². The molecule has 0 bridgehead atoms. The number of hydrogen-bond acceptors (Lipinski definition) is 3. The average Bonchev–Trinajstić information content (AvgIpc) is 4.07. The molecule has 1 radical (unpaired) electrons. The van der Waals surface area contributed by atoms with Gasteiger partial charge in [0, 0.05) is 41.0 Å². The van der Waals surface area contributed by atoms with Crippen molar-refractivity contribution >= 4 is 44.0 Å². The number of benzene rings is 8. The van der Waals surface area contributed by atoms with Crippen LogP contribution in [-0.4, -0.2) is 19.1 Å². The monoisotopic (exact) mass is 1100 g/mol. The molecule has 0 saturated heterocycles. The van der Waals surface area contributed by atoms with Crippen molar-refractivity contribution in [1.82, 2.24) is 19.1 Å². The predicted octanol–water partition coefficient (Wildman–Crippen LogP) is 17.7. The van der Waals surface area contributed by atoms with Crippen LogP contribution in [0.3, 0.4) is 0 Å². The molecule has 0 unspecified atom stereocenters. The van der Waals surface area contributed by atoms with Gasteiger partial charge in [0.2, 0.25) is 0 Å². The molecular formula is C64H60IrN4O-2. The second-order valence-electron chi connectivity index (χ2n) is 19.4. The Morgan fingerprint density at radius 1 is 0.543 bits per heavy atom. The predicted molar refractivity (Wildman–Crippen MR) is 289 cm³/mol. The first-order valence-electron chi connectivity index (χ1n) is 25.8. The molecule has 353 valence electrons. The van der Waals surface area contributed by atoms with E-state index < -0.39 is 6.85 Å². The molecule has 5 nitrogen and oxygen atoms in total. The molecule has 3 aromatic heterocycles. The van der Waals surface area contributed by atoms with Gasteiger partial charge in [0.1, 0.15) is 5.58 Å². The molecule has 0 fully saturated rings. The maximum absolute atomic E-state index is 7.83. The van der Waals surface area contributed by atoms with Gasteiger partial charge in [-0.2, -0.15) is 0 Å². The van der Waals surface area contributed by atoms with E-state index in [4.69, 9.17) is 18.5 Å². The number of fused-ring (bicyclic) bond motifs is 5. The Morgan fingerprint density at radius 2 is 1.07 bits per heavy atom. The van der Waals surface area contributed by atoms with Gasteiger partial charge in [0.05, 0.1) is 39.3 Å². The molecular weight excluding hydrogens is 1030 g/mol. The van der Waals surface area contributed by atoms with Crippen molar-refractivity contribution in [2.75, 3.05) is 0 Å². The van der Waals surface area contributed by atoms with E-state index in [9.17, 15) is 0 Å². The van der Waals surface area contributed by atoms with Crippen LogP contribution in [0.25, 0.3) is 89.3 Å². The summed E-state index contributed by atoms with van der Waals surface area (Å²) >= 11 is 0. The number of para-hydroxylation sites is 6. The summed E-state index contributed by atoms with van der Waals surface area (Å²) in [7, 11) is 0. The molecule has 0 amide bonds. The maximum atomic E-state index is 7.83. The Kier molecular flexibility index (Phi) is 12.6. The molecule has 0 aliphatic heterocycles. The Balaban J connectivity index is 0.000000178. The van der Waals surface area contributed by atoms with Gasteiger partial charge in [-0.05, 0) is 94.2 Å². The molecule has 8 aromatic carbocycles. The summed E-state index contributed by atoms with van der Waals surface area (Å²) < 4.78 is 34.5. The first-order valence-corrected chi connectivity index (χ1v) is 24.3. The molecule has 0 aliphatic carbocycles. The van der Waals surface area contributed by atoms with E-state index in [2.05, 4.69) is 193 Å². The van der Waals surface area contributed by atoms with Crippen LogP contribution < -0.4 is 0 Å². The van der Waals surface area contributed by atoms with Crippen molar-refractivity contribution in [2.45, 2.75) is 92.8 Å². The molecule has 70 heavy (non-hydrogen) atoms. The van der Waals surface area contributed by atoms with Gasteiger partial charge in [0.25, 0.3) is 0 Å². The molecule has 0 atom stereocenters. The summed E-state index contributed by atoms with van der Waals surface area (Å²) in [5.41, 5.74) is 18.5. The van der Waals surface area contributed by atoms with Gasteiger partial charge in [-0.15, -0.1) is 47.5 Å². The topological polar surface area (TPSA) is 48.8 Å². The SMILES string of the molecule is Cc1c[c-]c(-c2nc3ccccc3n2-c2c(C(C)C)cccc2C(C)C)cc1-c1ccccc1.[2H]C([2H])([2H])c1ccc2c(c1)oc1c(-c3nc4ccccc4n3-c3c(C(C)C)cccc3C(C)C)[c-]ccc12.[Ir]. The second-order valence-corrected chi connectivity index (χ2v) is 19.4. The van der Waals surface area contributed by atoms with E-state index in [1.54, 1.807) is 12.1 Å². The first kappa shape index (κ1) is 44.4. The molecule has 6 heteroatoms. The van der Waals surface area contributed by atoms with E-state index in [1.807, 2.05) is 36.4 Å². The molecule has 11 rings (SSSR count). The first-order chi connectivity index (χ1) is 34.6. The van der Waals surface area contributed by atoms with Gasteiger partial charge in [-0.25, -0.2) is 0 Å². The zero-order valence-electron chi connectivity index (χ0n) is 44.4. The number of aryl methyl sites for hydroxylation is 2. The van der Waals surface area contributed by atoms with Crippen molar-refractivity contribution in [2.24, 2.45) is 0 Å². The van der Waals surface area contributed by atoms with Crippen LogP contribution in [0, 0.1) is 25.9 Å². The fourth-order valence-electron chi connectivity index (χ4n) is 9.92. The smallest absolute Gasteiger partial charge is 0.121 e. The zero-order chi connectivity index (χ0) is 50.6. The Labute approximate surface area is 430 Å². The summed E-state index contributed by atoms with van der Waals surface area (Å²) in [5.74, 6) is 3.09. The van der Waals surface area contributed by atoms with Crippen LogP contribution in [0.15, 0.2) is 162 Å². The number of aromatic nitrogens is 4. The Hall–Kier alpha value is -6.85.